The normalized spacial score (nSPS) is 29.1. The molecule has 1 aromatic rings. The SMILES string of the molecule is COC(=O)N1C(=O)[C@H]2[C@H](CC(CO)=C3B(O)O[C@H](c4ccc(O)cc4)C[C@H]32)C1=O. The van der Waals surface area contributed by atoms with Gasteiger partial charge in [0.1, 0.15) is 5.75 Å². The fourth-order valence-electron chi connectivity index (χ4n) is 4.73. The first-order valence-corrected chi connectivity index (χ1v) is 9.28. The Morgan fingerprint density at radius 2 is 1.93 bits per heavy atom. The van der Waals surface area contributed by atoms with E-state index in [2.05, 4.69) is 4.74 Å². The number of phenolic OH excluding ortho intramolecular Hbond substituents is 1. The second kappa shape index (κ2) is 7.29. The topological polar surface area (TPSA) is 134 Å². The van der Waals surface area contributed by atoms with Crippen molar-refractivity contribution in [1.29, 1.82) is 0 Å². The van der Waals surface area contributed by atoms with Crippen LogP contribution in [0.5, 0.6) is 5.75 Å². The Labute approximate surface area is 166 Å². The lowest BCUT2D eigenvalue weighted by atomic mass is 9.55. The van der Waals surface area contributed by atoms with Gasteiger partial charge in [-0.25, -0.2) is 4.79 Å². The lowest BCUT2D eigenvalue weighted by molar-refractivity contribution is -0.137. The molecular weight excluding hydrogens is 381 g/mol. The van der Waals surface area contributed by atoms with Crippen LogP contribution in [0.4, 0.5) is 4.79 Å². The van der Waals surface area contributed by atoms with Crippen molar-refractivity contribution >= 4 is 25.0 Å². The molecule has 1 aromatic carbocycles. The van der Waals surface area contributed by atoms with Crippen LogP contribution in [0, 0.1) is 17.8 Å². The van der Waals surface area contributed by atoms with Gasteiger partial charge in [0.15, 0.2) is 0 Å². The summed E-state index contributed by atoms with van der Waals surface area (Å²) >= 11 is 0. The van der Waals surface area contributed by atoms with Gasteiger partial charge in [-0.15, -0.1) is 0 Å². The van der Waals surface area contributed by atoms with Crippen LogP contribution in [0.25, 0.3) is 0 Å². The van der Waals surface area contributed by atoms with Gasteiger partial charge >= 0.3 is 13.2 Å². The molecule has 2 aliphatic heterocycles. The highest BCUT2D eigenvalue weighted by Gasteiger charge is 2.59. The number of methoxy groups -OCH3 is 1. The lowest BCUT2D eigenvalue weighted by Gasteiger charge is -2.41. The molecule has 3 amide bonds. The summed E-state index contributed by atoms with van der Waals surface area (Å²) in [6.07, 6.45) is -1.29. The summed E-state index contributed by atoms with van der Waals surface area (Å²) < 4.78 is 10.3. The van der Waals surface area contributed by atoms with E-state index in [1.807, 2.05) is 0 Å². The quantitative estimate of drug-likeness (QED) is 0.483. The van der Waals surface area contributed by atoms with Crippen molar-refractivity contribution < 1.29 is 39.0 Å². The lowest BCUT2D eigenvalue weighted by Crippen LogP contribution is -2.45. The minimum absolute atomic E-state index is 0.0648. The number of hydrogen-bond donors (Lipinski definition) is 3. The number of ether oxygens (including phenoxy) is 1. The number of aliphatic hydroxyl groups excluding tert-OH is 1. The van der Waals surface area contributed by atoms with Crippen molar-refractivity contribution in [3.05, 3.63) is 40.9 Å². The first-order chi connectivity index (χ1) is 13.9. The van der Waals surface area contributed by atoms with Crippen LogP contribution in [-0.4, -0.2) is 58.9 Å². The maximum Gasteiger partial charge on any atom is 0.487 e. The van der Waals surface area contributed by atoms with Crippen molar-refractivity contribution in [3.8, 4) is 5.75 Å². The second-order valence-corrected chi connectivity index (χ2v) is 7.45. The predicted octanol–water partition coefficient (Wildman–Crippen LogP) is 0.550. The van der Waals surface area contributed by atoms with Crippen LogP contribution in [0.1, 0.15) is 24.5 Å². The predicted molar refractivity (Wildman–Crippen MR) is 98.0 cm³/mol. The number of benzene rings is 1. The molecule has 0 saturated carbocycles. The fourth-order valence-corrected chi connectivity index (χ4v) is 4.73. The average molecular weight is 401 g/mol. The van der Waals surface area contributed by atoms with Crippen LogP contribution < -0.4 is 0 Å². The molecule has 2 saturated heterocycles. The van der Waals surface area contributed by atoms with Crippen LogP contribution in [0.2, 0.25) is 0 Å². The summed E-state index contributed by atoms with van der Waals surface area (Å²) in [5.74, 6) is -3.46. The maximum absolute atomic E-state index is 13.0. The van der Waals surface area contributed by atoms with Crippen LogP contribution in [0.15, 0.2) is 35.3 Å². The molecule has 0 spiro atoms. The van der Waals surface area contributed by atoms with Crippen LogP contribution in [-0.2, 0) is 19.0 Å². The number of aromatic hydroxyl groups is 1. The molecule has 2 heterocycles. The Bertz CT molecular complexity index is 898. The Morgan fingerprint density at radius 1 is 1.24 bits per heavy atom. The standard InChI is InChI=1S/C19H20BNO8/c1-28-19(26)21-17(24)13-6-10(8-22)16-12(15(13)18(21)25)7-14(29-20(16)27)9-2-4-11(23)5-3-9/h2-5,12-15,22-23,27H,6-8H2,1H3/t12-,13-,14-,15+/m0/s1. The van der Waals surface area contributed by atoms with E-state index in [1.165, 1.54) is 12.1 Å². The number of carbonyl (C=O) groups is 3. The van der Waals surface area contributed by atoms with Crippen LogP contribution >= 0.6 is 0 Å². The average Bonchev–Trinajstić information content (AvgIpc) is 2.97. The Kier molecular flexibility index (Phi) is 4.93. The summed E-state index contributed by atoms with van der Waals surface area (Å²) in [6, 6.07) is 6.28. The van der Waals surface area contributed by atoms with Gasteiger partial charge in [-0.3, -0.25) is 9.59 Å². The minimum atomic E-state index is -1.36. The third-order valence-electron chi connectivity index (χ3n) is 6.02. The highest BCUT2D eigenvalue weighted by atomic mass is 16.5. The Balaban J connectivity index is 1.73. The van der Waals surface area contributed by atoms with E-state index in [9.17, 15) is 29.6 Å². The smallest absolute Gasteiger partial charge is 0.487 e. The summed E-state index contributed by atoms with van der Waals surface area (Å²) in [4.78, 5) is 38.2. The molecule has 1 aliphatic carbocycles. The van der Waals surface area contributed by atoms with Crippen molar-refractivity contribution in [1.82, 2.24) is 4.90 Å². The van der Waals surface area contributed by atoms with Gasteiger partial charge in [0, 0.05) is 0 Å². The summed E-state index contributed by atoms with van der Waals surface area (Å²) in [7, 11) is -0.266. The number of hydrogen-bond acceptors (Lipinski definition) is 8. The highest BCUT2D eigenvalue weighted by Crippen LogP contribution is 2.51. The maximum atomic E-state index is 13.0. The van der Waals surface area contributed by atoms with Gasteiger partial charge in [-0.2, -0.15) is 4.90 Å². The van der Waals surface area contributed by atoms with Gasteiger partial charge in [-0.1, -0.05) is 12.1 Å². The molecule has 9 nitrogen and oxygen atoms in total. The van der Waals surface area contributed by atoms with Crippen LogP contribution in [0.3, 0.4) is 0 Å². The number of fused-ring (bicyclic) bond motifs is 3. The molecule has 4 atom stereocenters. The molecule has 3 N–H and O–H groups in total. The zero-order valence-electron chi connectivity index (χ0n) is 15.6. The van der Waals surface area contributed by atoms with Gasteiger partial charge < -0.3 is 24.6 Å². The van der Waals surface area contributed by atoms with E-state index in [-0.39, 0.29) is 25.2 Å². The highest BCUT2D eigenvalue weighted by molar-refractivity contribution is 6.53. The molecule has 10 heteroatoms. The molecule has 4 rings (SSSR count). The number of amides is 3. The zero-order valence-corrected chi connectivity index (χ0v) is 15.6. The summed E-state index contributed by atoms with van der Waals surface area (Å²) in [6.45, 7) is -0.390. The van der Waals surface area contributed by atoms with E-state index in [0.29, 0.717) is 21.5 Å². The van der Waals surface area contributed by atoms with Gasteiger partial charge in [0.25, 0.3) is 0 Å². The van der Waals surface area contributed by atoms with Gasteiger partial charge in [0.05, 0.1) is 31.7 Å². The number of nitrogens with zero attached hydrogens (tertiary/aromatic N) is 1. The van der Waals surface area contributed by atoms with E-state index in [4.69, 9.17) is 4.65 Å². The fraction of sp³-hybridized carbons (Fsp3) is 0.421. The van der Waals surface area contributed by atoms with E-state index < -0.39 is 48.9 Å². The van der Waals surface area contributed by atoms with E-state index in [1.54, 1.807) is 12.1 Å². The van der Waals surface area contributed by atoms with Gasteiger partial charge in [0.2, 0.25) is 11.8 Å². The third kappa shape index (κ3) is 3.04. The summed E-state index contributed by atoms with van der Waals surface area (Å²) in [5, 5.41) is 29.9. The molecule has 0 bridgehead atoms. The molecule has 2 fully saturated rings. The number of carbonyl (C=O) groups excluding carboxylic acids is 3. The van der Waals surface area contributed by atoms with Crippen molar-refractivity contribution in [3.63, 3.8) is 0 Å². The van der Waals surface area contributed by atoms with Crippen molar-refractivity contribution in [2.24, 2.45) is 17.8 Å². The molecule has 0 aromatic heterocycles. The zero-order chi connectivity index (χ0) is 20.9. The molecule has 29 heavy (non-hydrogen) atoms. The first kappa shape index (κ1) is 19.6. The third-order valence-corrected chi connectivity index (χ3v) is 6.02. The summed E-state index contributed by atoms with van der Waals surface area (Å²) in [5.41, 5.74) is 1.53. The number of aliphatic hydroxyl groups is 1. The number of rotatable bonds is 2. The monoisotopic (exact) mass is 401 g/mol. The molecule has 0 radical (unpaired) electrons. The second-order valence-electron chi connectivity index (χ2n) is 7.45. The molecule has 152 valence electrons. The number of phenols is 1. The van der Waals surface area contributed by atoms with E-state index in [0.717, 1.165) is 7.11 Å². The van der Waals surface area contributed by atoms with E-state index >= 15 is 0 Å². The molecular formula is C19H20BNO8. The number of likely N-dealkylation sites (tertiary alicyclic amines) is 1. The Hall–Kier alpha value is -2.69. The Morgan fingerprint density at radius 3 is 2.55 bits per heavy atom. The molecule has 3 aliphatic rings. The van der Waals surface area contributed by atoms with Crippen molar-refractivity contribution in [2.75, 3.05) is 13.7 Å². The number of imide groups is 3. The van der Waals surface area contributed by atoms with Gasteiger partial charge in [-0.05, 0) is 47.5 Å². The van der Waals surface area contributed by atoms with Crippen molar-refractivity contribution in [2.45, 2.75) is 18.9 Å². The minimum Gasteiger partial charge on any atom is -0.508 e. The molecule has 0 unspecified atom stereocenters. The largest absolute Gasteiger partial charge is 0.508 e. The number of allylic oxidation sites excluding steroid dienone is 1. The first-order valence-electron chi connectivity index (χ1n) is 9.28.